The van der Waals surface area contributed by atoms with Crippen molar-refractivity contribution < 1.29 is 18.3 Å². The average molecular weight is 290 g/mol. The number of rotatable bonds is 0. The maximum atomic E-state index is 14.0. The van der Waals surface area contributed by atoms with E-state index in [9.17, 15) is 13.6 Å². The van der Waals surface area contributed by atoms with Crippen LogP contribution in [0.1, 0.15) is 40.0 Å². The molecule has 0 aliphatic carbocycles. The first-order chi connectivity index (χ1) is 9.11. The summed E-state index contributed by atoms with van der Waals surface area (Å²) in [5.41, 5.74) is -1.13. The van der Waals surface area contributed by atoms with Crippen LogP contribution in [0.25, 0.3) is 0 Å². The van der Waals surface area contributed by atoms with E-state index in [1.165, 1.54) is 4.90 Å². The van der Waals surface area contributed by atoms with E-state index in [1.807, 2.05) is 0 Å². The Hall–Kier alpha value is -0.910. The van der Waals surface area contributed by atoms with E-state index in [-0.39, 0.29) is 6.42 Å². The summed E-state index contributed by atoms with van der Waals surface area (Å²) in [5, 5.41) is 3.19. The molecule has 0 atom stereocenters. The molecule has 0 bridgehead atoms. The second-order valence-corrected chi connectivity index (χ2v) is 7.12. The van der Waals surface area contributed by atoms with Gasteiger partial charge in [0.15, 0.2) is 0 Å². The van der Waals surface area contributed by atoms with E-state index < -0.39 is 29.6 Å². The van der Waals surface area contributed by atoms with Crippen LogP contribution in [0, 0.1) is 5.41 Å². The fraction of sp³-hybridized carbons (Fsp3) is 0.929. The lowest BCUT2D eigenvalue weighted by Crippen LogP contribution is -2.57. The largest absolute Gasteiger partial charge is 0.444 e. The van der Waals surface area contributed by atoms with E-state index >= 15 is 0 Å². The van der Waals surface area contributed by atoms with Crippen LogP contribution < -0.4 is 5.32 Å². The minimum Gasteiger partial charge on any atom is -0.444 e. The number of nitrogens with zero attached hydrogens (tertiary/aromatic N) is 1. The van der Waals surface area contributed by atoms with Gasteiger partial charge in [0.05, 0.1) is 6.54 Å². The normalized spacial score (nSPS) is 25.6. The number of hydrogen-bond acceptors (Lipinski definition) is 3. The summed E-state index contributed by atoms with van der Waals surface area (Å²) in [6, 6.07) is 0. The Morgan fingerprint density at radius 3 is 2.35 bits per heavy atom. The smallest absolute Gasteiger partial charge is 0.410 e. The molecule has 0 saturated carbocycles. The summed E-state index contributed by atoms with van der Waals surface area (Å²) in [4.78, 5) is 13.3. The van der Waals surface area contributed by atoms with Crippen LogP contribution in [-0.4, -0.2) is 48.7 Å². The number of alkyl halides is 2. The highest BCUT2D eigenvalue weighted by atomic mass is 19.3. The van der Waals surface area contributed by atoms with Crippen molar-refractivity contribution in [3.05, 3.63) is 0 Å². The zero-order valence-corrected chi connectivity index (χ0v) is 12.5. The molecule has 2 heterocycles. The van der Waals surface area contributed by atoms with Crippen molar-refractivity contribution in [1.29, 1.82) is 0 Å². The number of amides is 1. The average Bonchev–Trinajstić information content (AvgIpc) is 2.25. The zero-order valence-electron chi connectivity index (χ0n) is 12.5. The highest BCUT2D eigenvalue weighted by Gasteiger charge is 2.50. The number of nitrogens with one attached hydrogen (secondary N) is 1. The fourth-order valence-corrected chi connectivity index (χ4v) is 3.15. The van der Waals surface area contributed by atoms with Crippen molar-refractivity contribution in [3.8, 4) is 0 Å². The Morgan fingerprint density at radius 1 is 1.20 bits per heavy atom. The van der Waals surface area contributed by atoms with E-state index in [2.05, 4.69) is 5.32 Å². The van der Waals surface area contributed by atoms with Crippen LogP contribution in [-0.2, 0) is 4.74 Å². The van der Waals surface area contributed by atoms with Crippen LogP contribution >= 0.6 is 0 Å². The Bertz CT molecular complexity index is 374. The molecule has 4 nitrogen and oxygen atoms in total. The molecule has 1 amide bonds. The molecule has 0 aromatic carbocycles. The topological polar surface area (TPSA) is 41.6 Å². The van der Waals surface area contributed by atoms with Crippen LogP contribution in [0.3, 0.4) is 0 Å². The molecule has 2 aliphatic heterocycles. The van der Waals surface area contributed by atoms with E-state index in [0.29, 0.717) is 19.4 Å². The second-order valence-electron chi connectivity index (χ2n) is 7.12. The summed E-state index contributed by atoms with van der Waals surface area (Å²) in [7, 11) is 0. The third-order valence-corrected chi connectivity index (χ3v) is 3.90. The standard InChI is InChI=1S/C14H24F2N2O2/c1-12(2,3)20-11(19)18-9-13(4-6-17-7-5-13)8-14(15,16)10-18/h17H,4-10H2,1-3H3. The zero-order chi connectivity index (χ0) is 15.0. The Labute approximate surface area is 118 Å². The number of carbonyl (C=O) groups is 1. The summed E-state index contributed by atoms with van der Waals surface area (Å²) >= 11 is 0. The van der Waals surface area contributed by atoms with Crippen LogP contribution in [0.5, 0.6) is 0 Å². The van der Waals surface area contributed by atoms with Gasteiger partial charge in [-0.3, -0.25) is 0 Å². The van der Waals surface area contributed by atoms with Crippen molar-refractivity contribution in [1.82, 2.24) is 10.2 Å². The Morgan fingerprint density at radius 2 is 1.80 bits per heavy atom. The van der Waals surface area contributed by atoms with Gasteiger partial charge in [0.25, 0.3) is 5.92 Å². The molecule has 1 N–H and O–H groups in total. The first-order valence-electron chi connectivity index (χ1n) is 7.17. The van der Waals surface area contributed by atoms with E-state index in [1.54, 1.807) is 20.8 Å². The van der Waals surface area contributed by atoms with Gasteiger partial charge in [0, 0.05) is 13.0 Å². The number of carbonyl (C=O) groups excluding carboxylic acids is 1. The lowest BCUT2D eigenvalue weighted by molar-refractivity contribution is -0.121. The van der Waals surface area contributed by atoms with Crippen molar-refractivity contribution in [2.24, 2.45) is 5.41 Å². The molecule has 2 rings (SSSR count). The third-order valence-electron chi connectivity index (χ3n) is 3.90. The Kier molecular flexibility index (Phi) is 3.97. The summed E-state index contributed by atoms with van der Waals surface area (Å²) in [6.45, 7) is 6.54. The van der Waals surface area contributed by atoms with Crippen LogP contribution in [0.4, 0.5) is 13.6 Å². The van der Waals surface area contributed by atoms with Gasteiger partial charge in [0.1, 0.15) is 5.60 Å². The minimum absolute atomic E-state index is 0.124. The maximum Gasteiger partial charge on any atom is 0.410 e. The molecule has 0 unspecified atom stereocenters. The molecule has 0 aromatic rings. The molecule has 2 fully saturated rings. The predicted molar refractivity (Wildman–Crippen MR) is 71.9 cm³/mol. The van der Waals surface area contributed by atoms with E-state index in [0.717, 1.165) is 13.1 Å². The van der Waals surface area contributed by atoms with Gasteiger partial charge in [-0.1, -0.05) is 0 Å². The molecule has 2 saturated heterocycles. The molecule has 6 heteroatoms. The number of halogens is 2. The SMILES string of the molecule is CC(C)(C)OC(=O)N1CC(F)(F)CC2(CCNCC2)C1. The van der Waals surface area contributed by atoms with Gasteiger partial charge >= 0.3 is 6.09 Å². The van der Waals surface area contributed by atoms with Crippen LogP contribution in [0.15, 0.2) is 0 Å². The minimum atomic E-state index is -2.83. The van der Waals surface area contributed by atoms with Gasteiger partial charge in [-0.25, -0.2) is 13.6 Å². The van der Waals surface area contributed by atoms with Gasteiger partial charge < -0.3 is 15.0 Å². The molecule has 116 valence electrons. The molecule has 20 heavy (non-hydrogen) atoms. The van der Waals surface area contributed by atoms with Crippen LogP contribution in [0.2, 0.25) is 0 Å². The van der Waals surface area contributed by atoms with Crippen molar-refractivity contribution in [2.75, 3.05) is 26.2 Å². The summed E-state index contributed by atoms with van der Waals surface area (Å²) in [5.74, 6) is -2.83. The first-order valence-corrected chi connectivity index (χ1v) is 7.17. The highest BCUT2D eigenvalue weighted by Crippen LogP contribution is 2.44. The third kappa shape index (κ3) is 3.81. The molecule has 1 spiro atoms. The predicted octanol–water partition coefficient (Wildman–Crippen LogP) is 2.63. The lowest BCUT2D eigenvalue weighted by Gasteiger charge is -2.48. The lowest BCUT2D eigenvalue weighted by atomic mass is 9.72. The van der Waals surface area contributed by atoms with Gasteiger partial charge in [-0.05, 0) is 52.1 Å². The number of likely N-dealkylation sites (tertiary alicyclic amines) is 1. The Balaban J connectivity index is 2.11. The number of ether oxygens (including phenoxy) is 1. The molecule has 2 aliphatic rings. The highest BCUT2D eigenvalue weighted by molar-refractivity contribution is 5.68. The summed E-state index contributed by atoms with van der Waals surface area (Å²) < 4.78 is 33.3. The fourth-order valence-electron chi connectivity index (χ4n) is 3.15. The van der Waals surface area contributed by atoms with Gasteiger partial charge in [0.2, 0.25) is 0 Å². The molecular formula is C14H24F2N2O2. The van der Waals surface area contributed by atoms with Gasteiger partial charge in [-0.2, -0.15) is 0 Å². The van der Waals surface area contributed by atoms with Crippen molar-refractivity contribution in [2.45, 2.75) is 51.6 Å². The molecule has 0 aromatic heterocycles. The monoisotopic (exact) mass is 290 g/mol. The molecule has 0 radical (unpaired) electrons. The summed E-state index contributed by atoms with van der Waals surface area (Å²) in [6.07, 6.45) is 0.611. The number of piperidine rings is 2. The quantitative estimate of drug-likeness (QED) is 0.745. The maximum absolute atomic E-state index is 14.0. The van der Waals surface area contributed by atoms with Gasteiger partial charge in [-0.15, -0.1) is 0 Å². The number of hydrogen-bond donors (Lipinski definition) is 1. The molecular weight excluding hydrogens is 266 g/mol. The first kappa shape index (κ1) is 15.5. The second kappa shape index (κ2) is 5.13. The van der Waals surface area contributed by atoms with Crippen molar-refractivity contribution in [3.63, 3.8) is 0 Å². The van der Waals surface area contributed by atoms with Crippen molar-refractivity contribution >= 4 is 6.09 Å². The van der Waals surface area contributed by atoms with E-state index in [4.69, 9.17) is 4.74 Å².